The average molecular weight is 511 g/mol. The van der Waals surface area contributed by atoms with Crippen molar-refractivity contribution in [3.8, 4) is 28.1 Å². The highest BCUT2D eigenvalue weighted by molar-refractivity contribution is 5.86. The molecule has 3 aromatic heterocycles. The summed E-state index contributed by atoms with van der Waals surface area (Å²) in [7, 11) is 6.00. The molecule has 0 saturated carbocycles. The first kappa shape index (κ1) is 25.3. The summed E-state index contributed by atoms with van der Waals surface area (Å²) in [4.78, 5) is 11.6. The molecule has 1 aliphatic rings. The predicted molar refractivity (Wildman–Crippen MR) is 152 cm³/mol. The van der Waals surface area contributed by atoms with Gasteiger partial charge in [-0.25, -0.2) is 4.98 Å². The lowest BCUT2D eigenvalue weighted by molar-refractivity contribution is 0.261. The zero-order chi connectivity index (χ0) is 26.6. The Bertz CT molecular complexity index is 1480. The van der Waals surface area contributed by atoms with E-state index in [4.69, 9.17) is 14.8 Å². The van der Waals surface area contributed by atoms with Gasteiger partial charge < -0.3 is 20.4 Å². The van der Waals surface area contributed by atoms with E-state index in [1.165, 1.54) is 5.57 Å². The standard InChI is InChI=1S/C29H34N8O/c1-19(2)21-15-28(34-31-17-21)33-27-11-10-25-26(32-27)14-22(16-30-25)24-18-37(5)35-29(24)20-6-8-23(9-7-20)38-13-12-36(3)4/h6-11,14-19,31,34H,12-13H2,1-5H3,(H,32,33). The number of likely N-dealkylation sites (N-methyl/N-ethyl adjacent to an activating group) is 1. The number of ether oxygens (including phenoxy) is 1. The number of allylic oxidation sites excluding steroid dienone is 2. The van der Waals surface area contributed by atoms with Crippen LogP contribution in [-0.4, -0.2) is 51.9 Å². The van der Waals surface area contributed by atoms with Crippen molar-refractivity contribution in [1.82, 2.24) is 35.5 Å². The second-order valence-electron chi connectivity index (χ2n) is 9.95. The van der Waals surface area contributed by atoms with Gasteiger partial charge in [0.15, 0.2) is 0 Å². The highest BCUT2D eigenvalue weighted by Crippen LogP contribution is 2.33. The zero-order valence-electron chi connectivity index (χ0n) is 22.5. The maximum Gasteiger partial charge on any atom is 0.132 e. The first-order chi connectivity index (χ1) is 18.4. The molecule has 1 aromatic carbocycles. The van der Waals surface area contributed by atoms with Crippen LogP contribution in [0.4, 0.5) is 5.82 Å². The van der Waals surface area contributed by atoms with Gasteiger partial charge in [0.25, 0.3) is 0 Å². The SMILES string of the molecule is CC(C)C1=CNNC(Nc2ccc3ncc(-c4cn(C)nc4-c4ccc(OCCN(C)C)cc4)cc3n2)=C1. The van der Waals surface area contributed by atoms with Gasteiger partial charge in [0.1, 0.15) is 29.7 Å². The summed E-state index contributed by atoms with van der Waals surface area (Å²) in [5.74, 6) is 2.84. The zero-order valence-corrected chi connectivity index (χ0v) is 22.5. The molecule has 38 heavy (non-hydrogen) atoms. The molecule has 0 amide bonds. The molecule has 1 aliphatic heterocycles. The predicted octanol–water partition coefficient (Wildman–Crippen LogP) is 4.54. The van der Waals surface area contributed by atoms with Crippen LogP contribution in [0, 0.1) is 5.92 Å². The molecule has 0 fully saturated rings. The van der Waals surface area contributed by atoms with E-state index >= 15 is 0 Å². The summed E-state index contributed by atoms with van der Waals surface area (Å²) in [5, 5.41) is 8.11. The molecule has 9 nitrogen and oxygen atoms in total. The summed E-state index contributed by atoms with van der Waals surface area (Å²) in [6.07, 6.45) is 7.95. The Kier molecular flexibility index (Phi) is 7.28. The van der Waals surface area contributed by atoms with Gasteiger partial charge in [-0.15, -0.1) is 0 Å². The van der Waals surface area contributed by atoms with Crippen molar-refractivity contribution in [2.75, 3.05) is 32.6 Å². The lowest BCUT2D eigenvalue weighted by Crippen LogP contribution is -2.33. The topological polar surface area (TPSA) is 92.2 Å². The molecule has 3 N–H and O–H groups in total. The van der Waals surface area contributed by atoms with E-state index in [-0.39, 0.29) is 0 Å². The molecule has 196 valence electrons. The number of anilines is 1. The summed E-state index contributed by atoms with van der Waals surface area (Å²) in [6.45, 7) is 5.84. The van der Waals surface area contributed by atoms with Gasteiger partial charge in [0, 0.05) is 48.9 Å². The normalized spacial score (nSPS) is 13.2. The van der Waals surface area contributed by atoms with Crippen LogP contribution in [0.15, 0.2) is 78.5 Å². The Hall–Kier alpha value is -4.37. The number of fused-ring (bicyclic) bond motifs is 1. The van der Waals surface area contributed by atoms with Crippen molar-refractivity contribution in [2.24, 2.45) is 13.0 Å². The smallest absolute Gasteiger partial charge is 0.132 e. The molecule has 0 radical (unpaired) electrons. The number of hydrogen-bond acceptors (Lipinski definition) is 8. The molecule has 0 unspecified atom stereocenters. The van der Waals surface area contributed by atoms with Crippen molar-refractivity contribution in [3.05, 3.63) is 78.5 Å². The minimum Gasteiger partial charge on any atom is -0.492 e. The molecular formula is C29H34N8O. The van der Waals surface area contributed by atoms with Crippen LogP contribution >= 0.6 is 0 Å². The van der Waals surface area contributed by atoms with E-state index in [2.05, 4.69) is 52.0 Å². The molecular weight excluding hydrogens is 476 g/mol. The van der Waals surface area contributed by atoms with Crippen molar-refractivity contribution in [2.45, 2.75) is 13.8 Å². The van der Waals surface area contributed by atoms with Gasteiger partial charge in [0.05, 0.1) is 11.0 Å². The number of rotatable bonds is 9. The summed E-state index contributed by atoms with van der Waals surface area (Å²) >= 11 is 0. The van der Waals surface area contributed by atoms with E-state index in [1.54, 1.807) is 0 Å². The third-order valence-electron chi connectivity index (χ3n) is 6.30. The monoisotopic (exact) mass is 510 g/mol. The fraction of sp³-hybridized carbons (Fsp3) is 0.276. The first-order valence-electron chi connectivity index (χ1n) is 12.7. The quantitative estimate of drug-likeness (QED) is 0.302. The number of nitrogens with zero attached hydrogens (tertiary/aromatic N) is 5. The highest BCUT2D eigenvalue weighted by Gasteiger charge is 2.15. The Balaban J connectivity index is 1.40. The molecule has 9 heteroatoms. The van der Waals surface area contributed by atoms with Crippen LogP contribution in [0.3, 0.4) is 0 Å². The molecule has 0 bridgehead atoms. The van der Waals surface area contributed by atoms with Crippen LogP contribution in [0.2, 0.25) is 0 Å². The Morgan fingerprint density at radius 1 is 1.05 bits per heavy atom. The molecule has 4 heterocycles. The van der Waals surface area contributed by atoms with Crippen molar-refractivity contribution < 1.29 is 4.74 Å². The first-order valence-corrected chi connectivity index (χ1v) is 12.7. The van der Waals surface area contributed by atoms with Gasteiger partial charge in [-0.1, -0.05) is 13.8 Å². The minimum atomic E-state index is 0.415. The average Bonchev–Trinajstić information content (AvgIpc) is 3.30. The number of benzene rings is 1. The van der Waals surface area contributed by atoms with Crippen LogP contribution in [0.5, 0.6) is 5.75 Å². The number of nitrogens with one attached hydrogen (secondary N) is 3. The largest absolute Gasteiger partial charge is 0.492 e. The van der Waals surface area contributed by atoms with E-state index in [0.717, 1.165) is 57.4 Å². The highest BCUT2D eigenvalue weighted by atomic mass is 16.5. The second kappa shape index (κ2) is 10.9. The summed E-state index contributed by atoms with van der Waals surface area (Å²) < 4.78 is 7.68. The summed E-state index contributed by atoms with van der Waals surface area (Å²) in [5.41, 5.74) is 12.9. The lowest BCUT2D eigenvalue weighted by Gasteiger charge is -2.20. The van der Waals surface area contributed by atoms with E-state index < -0.39 is 0 Å². The van der Waals surface area contributed by atoms with E-state index in [9.17, 15) is 0 Å². The molecule has 0 saturated heterocycles. The minimum absolute atomic E-state index is 0.415. The second-order valence-corrected chi connectivity index (χ2v) is 9.95. The molecule has 0 atom stereocenters. The number of aryl methyl sites for hydroxylation is 1. The third kappa shape index (κ3) is 5.78. The van der Waals surface area contributed by atoms with Crippen LogP contribution < -0.4 is 20.9 Å². The van der Waals surface area contributed by atoms with Crippen molar-refractivity contribution in [3.63, 3.8) is 0 Å². The maximum atomic E-state index is 5.85. The van der Waals surface area contributed by atoms with E-state index in [1.807, 2.05) is 80.8 Å². The Labute approximate surface area is 223 Å². The van der Waals surface area contributed by atoms with Crippen LogP contribution in [0.25, 0.3) is 33.4 Å². The van der Waals surface area contributed by atoms with Gasteiger partial charge in [0.2, 0.25) is 0 Å². The fourth-order valence-corrected chi connectivity index (χ4v) is 4.17. The molecule has 4 aromatic rings. The number of hydrogen-bond donors (Lipinski definition) is 3. The van der Waals surface area contributed by atoms with Gasteiger partial charge in [-0.2, -0.15) is 5.10 Å². The van der Waals surface area contributed by atoms with Crippen molar-refractivity contribution in [1.29, 1.82) is 0 Å². The summed E-state index contributed by atoms with van der Waals surface area (Å²) in [6, 6.07) is 14.0. The molecule has 0 spiro atoms. The fourth-order valence-electron chi connectivity index (χ4n) is 4.17. The van der Waals surface area contributed by atoms with Crippen LogP contribution in [-0.2, 0) is 7.05 Å². The van der Waals surface area contributed by atoms with E-state index in [0.29, 0.717) is 12.5 Å². The lowest BCUT2D eigenvalue weighted by atomic mass is 10.0. The van der Waals surface area contributed by atoms with Gasteiger partial charge >= 0.3 is 0 Å². The molecule has 5 rings (SSSR count). The number of hydrazine groups is 1. The number of pyridine rings is 2. The van der Waals surface area contributed by atoms with Crippen molar-refractivity contribution >= 4 is 16.9 Å². The van der Waals surface area contributed by atoms with Crippen LogP contribution in [0.1, 0.15) is 13.8 Å². The Morgan fingerprint density at radius 2 is 1.87 bits per heavy atom. The third-order valence-corrected chi connectivity index (χ3v) is 6.30. The van der Waals surface area contributed by atoms with Gasteiger partial charge in [-0.05, 0) is 74.1 Å². The Morgan fingerprint density at radius 3 is 2.63 bits per heavy atom. The number of aromatic nitrogens is 4. The van der Waals surface area contributed by atoms with Gasteiger partial charge in [-0.3, -0.25) is 15.1 Å². The molecule has 0 aliphatic carbocycles. The maximum absolute atomic E-state index is 5.85.